The molecule has 0 spiro atoms. The summed E-state index contributed by atoms with van der Waals surface area (Å²) in [6.07, 6.45) is 1.24. The van der Waals surface area contributed by atoms with Gasteiger partial charge in [0.1, 0.15) is 11.5 Å². The monoisotopic (exact) mass is 263 g/mol. The Morgan fingerprint density at radius 3 is 2.68 bits per heavy atom. The number of hydrogen-bond donors (Lipinski definition) is 1. The van der Waals surface area contributed by atoms with Crippen LogP contribution in [-0.2, 0) is 6.54 Å². The van der Waals surface area contributed by atoms with E-state index in [1.807, 2.05) is 6.07 Å². The van der Waals surface area contributed by atoms with Crippen molar-refractivity contribution in [3.8, 4) is 11.5 Å². The van der Waals surface area contributed by atoms with Crippen LogP contribution in [0.3, 0.4) is 0 Å². The van der Waals surface area contributed by atoms with Gasteiger partial charge >= 0.3 is 0 Å². The Morgan fingerprint density at radius 2 is 2.11 bits per heavy atom. The normalized spacial score (nSPS) is 20.7. The van der Waals surface area contributed by atoms with Crippen LogP contribution in [0.2, 0.25) is 0 Å². The highest BCUT2D eigenvalue weighted by Crippen LogP contribution is 2.35. The van der Waals surface area contributed by atoms with Crippen molar-refractivity contribution in [1.82, 2.24) is 4.90 Å². The molecule has 106 valence electrons. The highest BCUT2D eigenvalue weighted by atomic mass is 16.5. The van der Waals surface area contributed by atoms with Crippen molar-refractivity contribution in [2.75, 3.05) is 20.2 Å². The van der Waals surface area contributed by atoms with E-state index in [-0.39, 0.29) is 0 Å². The lowest BCUT2D eigenvalue weighted by atomic mass is 9.80. The molecule has 3 heteroatoms. The summed E-state index contributed by atoms with van der Waals surface area (Å²) in [7, 11) is 1.65. The summed E-state index contributed by atoms with van der Waals surface area (Å²) in [6.45, 7) is 9.95. The van der Waals surface area contributed by atoms with Crippen LogP contribution in [0.5, 0.6) is 11.5 Å². The van der Waals surface area contributed by atoms with Crippen LogP contribution in [0.15, 0.2) is 18.2 Å². The first-order valence-electron chi connectivity index (χ1n) is 6.98. The maximum absolute atomic E-state index is 9.93. The molecule has 2 rings (SSSR count). The molecule has 1 aliphatic heterocycles. The van der Waals surface area contributed by atoms with Crippen molar-refractivity contribution >= 4 is 0 Å². The predicted octanol–water partition coefficient (Wildman–Crippen LogP) is 3.27. The van der Waals surface area contributed by atoms with Crippen LogP contribution < -0.4 is 4.74 Å². The van der Waals surface area contributed by atoms with E-state index in [1.54, 1.807) is 19.2 Å². The zero-order valence-electron chi connectivity index (χ0n) is 12.4. The number of nitrogens with zero attached hydrogens (tertiary/aromatic N) is 1. The first-order valence-corrected chi connectivity index (χ1v) is 6.98. The summed E-state index contributed by atoms with van der Waals surface area (Å²) < 4.78 is 5.22. The lowest BCUT2D eigenvalue weighted by molar-refractivity contribution is 0.225. The van der Waals surface area contributed by atoms with Crippen molar-refractivity contribution in [2.24, 2.45) is 11.3 Å². The Morgan fingerprint density at radius 1 is 1.37 bits per heavy atom. The molecule has 0 aromatic heterocycles. The van der Waals surface area contributed by atoms with Gasteiger partial charge in [0.2, 0.25) is 0 Å². The summed E-state index contributed by atoms with van der Waals surface area (Å²) in [4.78, 5) is 2.42. The molecule has 1 aliphatic rings. The number of hydrogen-bond acceptors (Lipinski definition) is 3. The Hall–Kier alpha value is -1.22. The Kier molecular flexibility index (Phi) is 4.04. The van der Waals surface area contributed by atoms with Crippen molar-refractivity contribution in [2.45, 2.75) is 33.7 Å². The fourth-order valence-electron chi connectivity index (χ4n) is 2.74. The van der Waals surface area contributed by atoms with Gasteiger partial charge in [-0.3, -0.25) is 4.90 Å². The summed E-state index contributed by atoms with van der Waals surface area (Å²) in [5.74, 6) is 1.90. The Bertz CT molecular complexity index is 437. The van der Waals surface area contributed by atoms with Gasteiger partial charge in [-0.05, 0) is 42.5 Å². The molecular weight excluding hydrogens is 238 g/mol. The molecule has 1 unspecified atom stereocenters. The summed E-state index contributed by atoms with van der Waals surface area (Å²) in [5.41, 5.74) is 1.32. The van der Waals surface area contributed by atoms with E-state index in [2.05, 4.69) is 25.7 Å². The molecular formula is C16H25NO2. The molecule has 1 heterocycles. The van der Waals surface area contributed by atoms with Gasteiger partial charge in [-0.15, -0.1) is 0 Å². The number of rotatable bonds is 3. The molecule has 1 aromatic carbocycles. The highest BCUT2D eigenvalue weighted by Gasteiger charge is 2.31. The SMILES string of the molecule is COc1ccc(O)c(CN2CCC(C(C)(C)C)C2)c1. The number of phenolic OH excluding ortho intramolecular Hbond substituents is 1. The summed E-state index contributed by atoms with van der Waals surface area (Å²) in [6, 6.07) is 5.44. The minimum Gasteiger partial charge on any atom is -0.508 e. The Balaban J connectivity index is 2.03. The molecule has 0 aliphatic carbocycles. The smallest absolute Gasteiger partial charge is 0.120 e. The molecule has 3 nitrogen and oxygen atoms in total. The highest BCUT2D eigenvalue weighted by molar-refractivity contribution is 5.39. The second kappa shape index (κ2) is 5.41. The Labute approximate surface area is 116 Å². The maximum atomic E-state index is 9.93. The van der Waals surface area contributed by atoms with E-state index in [1.165, 1.54) is 6.42 Å². The van der Waals surface area contributed by atoms with Gasteiger partial charge in [0.05, 0.1) is 7.11 Å². The quantitative estimate of drug-likeness (QED) is 0.908. The summed E-state index contributed by atoms with van der Waals surface area (Å²) >= 11 is 0. The topological polar surface area (TPSA) is 32.7 Å². The number of phenols is 1. The third kappa shape index (κ3) is 3.41. The number of benzene rings is 1. The van der Waals surface area contributed by atoms with Crippen molar-refractivity contribution in [3.05, 3.63) is 23.8 Å². The zero-order valence-corrected chi connectivity index (χ0v) is 12.4. The molecule has 0 saturated carbocycles. The fourth-order valence-corrected chi connectivity index (χ4v) is 2.74. The molecule has 19 heavy (non-hydrogen) atoms. The van der Waals surface area contributed by atoms with Crippen molar-refractivity contribution in [3.63, 3.8) is 0 Å². The van der Waals surface area contributed by atoms with E-state index in [0.29, 0.717) is 11.2 Å². The van der Waals surface area contributed by atoms with Gasteiger partial charge in [0.25, 0.3) is 0 Å². The minimum atomic E-state index is 0.361. The van der Waals surface area contributed by atoms with Crippen LogP contribution >= 0.6 is 0 Å². The van der Waals surface area contributed by atoms with Crippen molar-refractivity contribution in [1.29, 1.82) is 0 Å². The van der Waals surface area contributed by atoms with Crippen LogP contribution in [-0.4, -0.2) is 30.2 Å². The predicted molar refractivity (Wildman–Crippen MR) is 77.5 cm³/mol. The van der Waals surface area contributed by atoms with Crippen LogP contribution in [0.4, 0.5) is 0 Å². The maximum Gasteiger partial charge on any atom is 0.120 e. The number of likely N-dealkylation sites (tertiary alicyclic amines) is 1. The second-order valence-corrected chi connectivity index (χ2v) is 6.58. The fraction of sp³-hybridized carbons (Fsp3) is 0.625. The van der Waals surface area contributed by atoms with Gasteiger partial charge in [-0.2, -0.15) is 0 Å². The first-order chi connectivity index (χ1) is 8.90. The van der Waals surface area contributed by atoms with E-state index in [9.17, 15) is 5.11 Å². The molecule has 1 atom stereocenters. The van der Waals surface area contributed by atoms with E-state index >= 15 is 0 Å². The van der Waals surface area contributed by atoms with Crippen LogP contribution in [0.25, 0.3) is 0 Å². The average Bonchev–Trinajstić information content (AvgIpc) is 2.80. The molecule has 1 N–H and O–H groups in total. The minimum absolute atomic E-state index is 0.361. The van der Waals surface area contributed by atoms with Gasteiger partial charge in [-0.1, -0.05) is 20.8 Å². The lowest BCUT2D eigenvalue weighted by Crippen LogP contribution is -2.25. The largest absolute Gasteiger partial charge is 0.508 e. The van der Waals surface area contributed by atoms with Gasteiger partial charge in [0, 0.05) is 18.7 Å². The third-order valence-corrected chi connectivity index (χ3v) is 4.18. The van der Waals surface area contributed by atoms with Gasteiger partial charge in [-0.25, -0.2) is 0 Å². The summed E-state index contributed by atoms with van der Waals surface area (Å²) in [5, 5.41) is 9.93. The number of methoxy groups -OCH3 is 1. The standard InChI is InChI=1S/C16H25NO2/c1-16(2,3)13-7-8-17(11-13)10-12-9-14(19-4)5-6-15(12)18/h5-6,9,13,18H,7-8,10-11H2,1-4H3. The molecule has 0 amide bonds. The molecule has 1 aromatic rings. The average molecular weight is 263 g/mol. The number of ether oxygens (including phenoxy) is 1. The molecule has 1 fully saturated rings. The van der Waals surface area contributed by atoms with E-state index in [0.717, 1.165) is 36.9 Å². The first kappa shape index (κ1) is 14.2. The molecule has 1 saturated heterocycles. The molecule has 0 bridgehead atoms. The van der Waals surface area contributed by atoms with Gasteiger partial charge < -0.3 is 9.84 Å². The zero-order chi connectivity index (χ0) is 14.0. The second-order valence-electron chi connectivity index (χ2n) is 6.58. The van der Waals surface area contributed by atoms with Crippen LogP contribution in [0.1, 0.15) is 32.8 Å². The van der Waals surface area contributed by atoms with Crippen molar-refractivity contribution < 1.29 is 9.84 Å². The third-order valence-electron chi connectivity index (χ3n) is 4.18. The number of aromatic hydroxyl groups is 1. The molecule has 0 radical (unpaired) electrons. The lowest BCUT2D eigenvalue weighted by Gasteiger charge is -2.27. The van der Waals surface area contributed by atoms with E-state index < -0.39 is 0 Å². The van der Waals surface area contributed by atoms with Crippen LogP contribution in [0, 0.1) is 11.3 Å². The van der Waals surface area contributed by atoms with Gasteiger partial charge in [0.15, 0.2) is 0 Å². The van der Waals surface area contributed by atoms with E-state index in [4.69, 9.17) is 4.74 Å².